The van der Waals surface area contributed by atoms with Crippen molar-refractivity contribution in [3.63, 3.8) is 0 Å². The number of rotatable bonds is 7. The van der Waals surface area contributed by atoms with E-state index < -0.39 is 15.9 Å². The molecule has 11 heteroatoms. The molecular weight excluding hydrogens is 589 g/mol. The standard InChI is InChI=1S/C30H22ClN3O4S2.Na.H/c31-24-12-16-26(17-13-24)40(37,38)34-28(35)19-21-8-14-25(15-9-21)32-30-33-29(36)27(39-30)18-20-6-10-23(11-7-20)22-4-2-1-3-5-22;;/h1-18H,19H2,(H,34,35)(H,32,33,36);;/q;+1;-1/b27-18+;;. The monoisotopic (exact) mass is 611 g/mol. The molecule has 4 aromatic rings. The van der Waals surface area contributed by atoms with Crippen LogP contribution in [0.2, 0.25) is 5.02 Å². The van der Waals surface area contributed by atoms with Crippen molar-refractivity contribution in [2.45, 2.75) is 11.3 Å². The quantitative estimate of drug-likeness (QED) is 0.247. The van der Waals surface area contributed by atoms with Gasteiger partial charge in [-0.3, -0.25) is 9.59 Å². The van der Waals surface area contributed by atoms with Crippen LogP contribution in [0.15, 0.2) is 118 Å². The first kappa shape index (κ1) is 30.8. The minimum absolute atomic E-state index is 0. The topological polar surface area (TPSA) is 105 Å². The second kappa shape index (κ2) is 13.7. The minimum Gasteiger partial charge on any atom is -1.00 e. The Morgan fingerprint density at radius 3 is 2.20 bits per heavy atom. The largest absolute Gasteiger partial charge is 1.00 e. The molecule has 0 bridgehead atoms. The van der Waals surface area contributed by atoms with Crippen LogP contribution in [-0.2, 0) is 26.0 Å². The van der Waals surface area contributed by atoms with Crippen molar-refractivity contribution in [3.05, 3.63) is 124 Å². The van der Waals surface area contributed by atoms with Crippen LogP contribution in [0.25, 0.3) is 17.2 Å². The van der Waals surface area contributed by atoms with Crippen LogP contribution in [0.4, 0.5) is 5.69 Å². The van der Waals surface area contributed by atoms with E-state index in [1.54, 1.807) is 24.3 Å². The van der Waals surface area contributed by atoms with E-state index >= 15 is 0 Å². The number of benzene rings is 4. The molecule has 0 radical (unpaired) electrons. The molecule has 1 aliphatic rings. The smallest absolute Gasteiger partial charge is 1.00 e. The van der Waals surface area contributed by atoms with Crippen LogP contribution in [-0.4, -0.2) is 25.4 Å². The van der Waals surface area contributed by atoms with Gasteiger partial charge in [-0.25, -0.2) is 18.1 Å². The van der Waals surface area contributed by atoms with Crippen LogP contribution < -0.4 is 39.6 Å². The van der Waals surface area contributed by atoms with Gasteiger partial charge in [-0.2, -0.15) is 0 Å². The molecule has 202 valence electrons. The molecule has 1 heterocycles. The molecule has 0 unspecified atom stereocenters. The molecular formula is C30H23ClN3NaO4S2. The molecule has 0 aromatic heterocycles. The minimum atomic E-state index is -4.00. The van der Waals surface area contributed by atoms with Gasteiger partial charge in [0.2, 0.25) is 5.91 Å². The van der Waals surface area contributed by atoms with E-state index in [4.69, 9.17) is 11.6 Å². The first-order valence-corrected chi connectivity index (χ1v) is 14.8. The Kier molecular flexibility index (Phi) is 10.2. The molecule has 1 saturated heterocycles. The Balaban J connectivity index is 0.00000242. The maximum Gasteiger partial charge on any atom is 1.00 e. The van der Waals surface area contributed by atoms with Crippen LogP contribution in [0, 0.1) is 0 Å². The third-order valence-corrected chi connectivity index (χ3v) is 8.42. The van der Waals surface area contributed by atoms with E-state index in [0.29, 0.717) is 26.3 Å². The maximum atomic E-state index is 12.5. The van der Waals surface area contributed by atoms with E-state index in [9.17, 15) is 18.0 Å². The summed E-state index contributed by atoms with van der Waals surface area (Å²) in [6, 6.07) is 30.3. The third-order valence-electron chi connectivity index (χ3n) is 5.87. The van der Waals surface area contributed by atoms with Gasteiger partial charge in [0.25, 0.3) is 15.9 Å². The Hall–Kier alpha value is -3.18. The number of halogens is 1. The van der Waals surface area contributed by atoms with Crippen LogP contribution in [0.3, 0.4) is 0 Å². The van der Waals surface area contributed by atoms with Gasteiger partial charge in [0.05, 0.1) is 21.9 Å². The third kappa shape index (κ3) is 8.19. The van der Waals surface area contributed by atoms with Gasteiger partial charge in [0.15, 0.2) is 5.17 Å². The van der Waals surface area contributed by atoms with E-state index in [1.165, 1.54) is 36.0 Å². The molecule has 2 amide bonds. The molecule has 0 aliphatic carbocycles. The number of hydrogen-bond acceptors (Lipinski definition) is 6. The molecule has 4 aromatic carbocycles. The van der Waals surface area contributed by atoms with Crippen molar-refractivity contribution in [3.8, 4) is 11.1 Å². The average molecular weight is 612 g/mol. The van der Waals surface area contributed by atoms with E-state index in [0.717, 1.165) is 16.7 Å². The molecule has 0 spiro atoms. The zero-order chi connectivity index (χ0) is 28.1. The van der Waals surface area contributed by atoms with E-state index in [1.807, 2.05) is 60.7 Å². The molecule has 7 nitrogen and oxygen atoms in total. The molecule has 2 N–H and O–H groups in total. The summed E-state index contributed by atoms with van der Waals surface area (Å²) in [5.74, 6) is -0.898. The maximum absolute atomic E-state index is 12.5. The predicted octanol–water partition coefficient (Wildman–Crippen LogP) is 3.06. The number of nitrogens with zero attached hydrogens (tertiary/aromatic N) is 1. The van der Waals surface area contributed by atoms with E-state index in [2.05, 4.69) is 15.0 Å². The molecule has 41 heavy (non-hydrogen) atoms. The van der Waals surface area contributed by atoms with Gasteiger partial charge in [0, 0.05) is 5.02 Å². The number of nitrogens with one attached hydrogen (secondary N) is 2. The summed E-state index contributed by atoms with van der Waals surface area (Å²) in [5, 5.41) is 3.60. The van der Waals surface area contributed by atoms with Crippen molar-refractivity contribution in [1.29, 1.82) is 0 Å². The zero-order valence-corrected chi connectivity index (χ0v) is 26.3. The van der Waals surface area contributed by atoms with Gasteiger partial charge in [-0.15, -0.1) is 0 Å². The summed E-state index contributed by atoms with van der Waals surface area (Å²) in [6.07, 6.45) is 1.68. The number of amidine groups is 1. The Morgan fingerprint density at radius 2 is 1.54 bits per heavy atom. The number of sulfonamides is 1. The number of hydrogen-bond donors (Lipinski definition) is 2. The van der Waals surface area contributed by atoms with Gasteiger partial charge < -0.3 is 6.74 Å². The van der Waals surface area contributed by atoms with Gasteiger partial charge in [0.1, 0.15) is 0 Å². The number of thioether (sulfide) groups is 1. The fourth-order valence-corrected chi connectivity index (χ4v) is 5.84. The average Bonchev–Trinajstić information content (AvgIpc) is 3.28. The number of aliphatic imine (C=N–C) groups is 1. The van der Waals surface area contributed by atoms with Crippen molar-refractivity contribution >= 4 is 62.1 Å². The van der Waals surface area contributed by atoms with Crippen molar-refractivity contribution in [2.75, 3.05) is 0 Å². The van der Waals surface area contributed by atoms with Gasteiger partial charge >= 0.3 is 29.6 Å². The summed E-state index contributed by atoms with van der Waals surface area (Å²) >= 11 is 7.03. The molecule has 5 rings (SSSR count). The molecule has 0 saturated carbocycles. The summed E-state index contributed by atoms with van der Waals surface area (Å²) < 4.78 is 26.9. The Morgan fingerprint density at radius 1 is 0.902 bits per heavy atom. The fraction of sp³-hybridized carbons (Fsp3) is 0.0333. The molecule has 1 aliphatic heterocycles. The number of carbonyl (C=O) groups excluding carboxylic acids is 2. The zero-order valence-electron chi connectivity index (χ0n) is 22.9. The van der Waals surface area contributed by atoms with Crippen LogP contribution in [0.1, 0.15) is 12.6 Å². The van der Waals surface area contributed by atoms with Crippen molar-refractivity contribution < 1.29 is 49.0 Å². The van der Waals surface area contributed by atoms with Crippen molar-refractivity contribution in [2.24, 2.45) is 4.99 Å². The Labute approximate surface area is 271 Å². The summed E-state index contributed by atoms with van der Waals surface area (Å²) in [4.78, 5) is 29.8. The number of carbonyl (C=O) groups is 2. The van der Waals surface area contributed by atoms with E-state index in [-0.39, 0.29) is 48.2 Å². The van der Waals surface area contributed by atoms with Crippen LogP contribution >= 0.6 is 23.4 Å². The Bertz CT molecular complexity index is 1730. The molecule has 0 atom stereocenters. The van der Waals surface area contributed by atoms with Gasteiger partial charge in [-0.1, -0.05) is 78.3 Å². The van der Waals surface area contributed by atoms with Gasteiger partial charge in [-0.05, 0) is 76.5 Å². The first-order valence-electron chi connectivity index (χ1n) is 12.1. The fourth-order valence-electron chi connectivity index (χ4n) is 3.88. The second-order valence-electron chi connectivity index (χ2n) is 8.80. The predicted molar refractivity (Wildman–Crippen MR) is 161 cm³/mol. The second-order valence-corrected chi connectivity index (χ2v) is 11.9. The summed E-state index contributed by atoms with van der Waals surface area (Å²) in [6.45, 7) is 0. The normalized spacial score (nSPS) is 14.9. The van der Waals surface area contributed by atoms with Crippen LogP contribution in [0.5, 0.6) is 0 Å². The number of amides is 2. The molecule has 1 fully saturated rings. The first-order chi connectivity index (χ1) is 19.2. The summed E-state index contributed by atoms with van der Waals surface area (Å²) in [7, 11) is -4.00. The SMILES string of the molecule is O=C(Cc1ccc(N=C2NC(=O)/C(=C\c3ccc(-c4ccccc4)cc3)S2)cc1)NS(=O)(=O)c1ccc(Cl)cc1.[H-].[Na+]. The van der Waals surface area contributed by atoms with Crippen molar-refractivity contribution in [1.82, 2.24) is 10.0 Å². The summed E-state index contributed by atoms with van der Waals surface area (Å²) in [5.41, 5.74) is 4.31.